The summed E-state index contributed by atoms with van der Waals surface area (Å²) in [6.07, 6.45) is 0. The van der Waals surface area contributed by atoms with Crippen LogP contribution >= 0.6 is 23.4 Å². The van der Waals surface area contributed by atoms with E-state index in [-0.39, 0.29) is 0 Å². The highest BCUT2D eigenvalue weighted by Crippen LogP contribution is 2.22. The van der Waals surface area contributed by atoms with Gasteiger partial charge in [0.15, 0.2) is 0 Å². The Morgan fingerprint density at radius 3 is 2.30 bits per heavy atom. The molecule has 0 heterocycles. The quantitative estimate of drug-likeness (QED) is 0.638. The Balaban J connectivity index is 3.29. The van der Waals surface area contributed by atoms with Gasteiger partial charge in [-0.1, -0.05) is 39.0 Å². The molecule has 0 aromatic rings. The van der Waals surface area contributed by atoms with Crippen LogP contribution in [0.2, 0.25) is 0 Å². The Hall–Kier alpha value is 0.380. The summed E-state index contributed by atoms with van der Waals surface area (Å²) in [4.78, 5) is 0. The smallest absolute Gasteiger partial charge is 0.0286 e. The van der Waals surface area contributed by atoms with Crippen molar-refractivity contribution >= 4 is 23.4 Å². The van der Waals surface area contributed by atoms with Gasteiger partial charge in [0.05, 0.1) is 0 Å². The van der Waals surface area contributed by atoms with Crippen molar-refractivity contribution in [3.63, 3.8) is 0 Å². The van der Waals surface area contributed by atoms with Gasteiger partial charge in [0.2, 0.25) is 0 Å². The van der Waals surface area contributed by atoms with E-state index in [2.05, 4.69) is 27.4 Å². The van der Waals surface area contributed by atoms with Crippen LogP contribution in [-0.4, -0.2) is 11.5 Å². The third-order valence-corrected chi connectivity index (χ3v) is 2.71. The van der Waals surface area contributed by atoms with Crippen LogP contribution in [0.15, 0.2) is 11.6 Å². The molecule has 0 saturated heterocycles. The van der Waals surface area contributed by atoms with Gasteiger partial charge in [-0.2, -0.15) is 11.8 Å². The first kappa shape index (κ1) is 10.4. The van der Waals surface area contributed by atoms with Gasteiger partial charge < -0.3 is 0 Å². The van der Waals surface area contributed by atoms with Crippen LogP contribution in [-0.2, 0) is 0 Å². The van der Waals surface area contributed by atoms with Crippen LogP contribution in [0.3, 0.4) is 0 Å². The fourth-order valence-electron chi connectivity index (χ4n) is 0.468. The summed E-state index contributed by atoms with van der Waals surface area (Å²) in [6, 6.07) is 0. The van der Waals surface area contributed by atoms with Crippen molar-refractivity contribution in [2.75, 3.05) is 11.5 Å². The molecule has 0 aliphatic carbocycles. The summed E-state index contributed by atoms with van der Waals surface area (Å²) in [6.45, 7) is 10.3. The van der Waals surface area contributed by atoms with Gasteiger partial charge >= 0.3 is 0 Å². The SMILES string of the molecule is C=C(Cl)CSCC(C)(C)C. The van der Waals surface area contributed by atoms with Crippen molar-refractivity contribution in [1.29, 1.82) is 0 Å². The minimum atomic E-state index is 0.400. The van der Waals surface area contributed by atoms with E-state index < -0.39 is 0 Å². The van der Waals surface area contributed by atoms with Gasteiger partial charge in [-0.05, 0) is 11.2 Å². The Kier molecular flexibility index (Phi) is 4.46. The number of hydrogen-bond acceptors (Lipinski definition) is 1. The van der Waals surface area contributed by atoms with Crippen LogP contribution in [0, 0.1) is 5.41 Å². The van der Waals surface area contributed by atoms with E-state index >= 15 is 0 Å². The fourth-order valence-corrected chi connectivity index (χ4v) is 1.64. The molecule has 0 amide bonds. The van der Waals surface area contributed by atoms with Crippen molar-refractivity contribution in [1.82, 2.24) is 0 Å². The molecule has 0 aliphatic heterocycles. The predicted octanol–water partition coefficient (Wildman–Crippen LogP) is 3.52. The average molecular weight is 179 g/mol. The van der Waals surface area contributed by atoms with Crippen LogP contribution in [0.4, 0.5) is 0 Å². The monoisotopic (exact) mass is 178 g/mol. The number of hydrogen-bond donors (Lipinski definition) is 0. The van der Waals surface area contributed by atoms with Gasteiger partial charge in [0.1, 0.15) is 0 Å². The van der Waals surface area contributed by atoms with Gasteiger partial charge in [-0.3, -0.25) is 0 Å². The molecule has 10 heavy (non-hydrogen) atoms. The highest BCUT2D eigenvalue weighted by atomic mass is 35.5. The van der Waals surface area contributed by atoms with Gasteiger partial charge in [0.25, 0.3) is 0 Å². The zero-order valence-corrected chi connectivity index (χ0v) is 8.48. The number of rotatable bonds is 3. The van der Waals surface area contributed by atoms with Crippen molar-refractivity contribution in [3.05, 3.63) is 11.6 Å². The highest BCUT2D eigenvalue weighted by molar-refractivity contribution is 7.99. The third kappa shape index (κ3) is 8.38. The molecule has 0 atom stereocenters. The average Bonchev–Trinajstić information content (AvgIpc) is 1.59. The van der Waals surface area contributed by atoms with E-state index in [0.717, 1.165) is 16.5 Å². The first-order valence-electron chi connectivity index (χ1n) is 3.33. The Labute approximate surface area is 73.0 Å². The molecule has 0 N–H and O–H groups in total. The lowest BCUT2D eigenvalue weighted by molar-refractivity contribution is 0.481. The fraction of sp³-hybridized carbons (Fsp3) is 0.750. The molecule has 0 radical (unpaired) electrons. The van der Waals surface area contributed by atoms with Crippen molar-refractivity contribution in [3.8, 4) is 0 Å². The maximum absolute atomic E-state index is 5.59. The summed E-state index contributed by atoms with van der Waals surface area (Å²) in [5.41, 5.74) is 0.400. The van der Waals surface area contributed by atoms with Crippen LogP contribution in [0.1, 0.15) is 20.8 Å². The van der Waals surface area contributed by atoms with Crippen LogP contribution in [0.5, 0.6) is 0 Å². The second-order valence-electron chi connectivity index (χ2n) is 3.57. The molecule has 0 spiro atoms. The predicted molar refractivity (Wildman–Crippen MR) is 51.8 cm³/mol. The van der Waals surface area contributed by atoms with Crippen LogP contribution in [0.25, 0.3) is 0 Å². The zero-order chi connectivity index (χ0) is 8.20. The van der Waals surface area contributed by atoms with Gasteiger partial charge in [0, 0.05) is 10.8 Å². The molecule has 0 unspecified atom stereocenters. The molecular weight excluding hydrogens is 164 g/mol. The summed E-state index contributed by atoms with van der Waals surface area (Å²) >= 11 is 7.43. The first-order valence-corrected chi connectivity index (χ1v) is 4.86. The molecular formula is C8H15ClS. The topological polar surface area (TPSA) is 0 Å². The minimum absolute atomic E-state index is 0.400. The molecule has 60 valence electrons. The Morgan fingerprint density at radius 1 is 1.50 bits per heavy atom. The standard InChI is InChI=1S/C8H15ClS/c1-7(9)5-10-6-8(2,3)4/h1,5-6H2,2-4H3. The normalized spacial score (nSPS) is 11.6. The highest BCUT2D eigenvalue weighted by Gasteiger charge is 2.09. The number of halogens is 1. The zero-order valence-electron chi connectivity index (χ0n) is 6.91. The summed E-state index contributed by atoms with van der Waals surface area (Å²) in [5, 5.41) is 0.745. The molecule has 0 nitrogen and oxygen atoms in total. The van der Waals surface area contributed by atoms with E-state index in [1.165, 1.54) is 0 Å². The lowest BCUT2D eigenvalue weighted by Crippen LogP contribution is -2.08. The van der Waals surface area contributed by atoms with Gasteiger partial charge in [-0.25, -0.2) is 0 Å². The summed E-state index contributed by atoms with van der Waals surface area (Å²) in [7, 11) is 0. The second kappa shape index (κ2) is 4.30. The molecule has 0 saturated carbocycles. The maximum Gasteiger partial charge on any atom is 0.0286 e. The molecule has 0 fully saturated rings. The van der Waals surface area contributed by atoms with Crippen molar-refractivity contribution in [2.24, 2.45) is 5.41 Å². The molecule has 2 heteroatoms. The van der Waals surface area contributed by atoms with Crippen molar-refractivity contribution < 1.29 is 0 Å². The van der Waals surface area contributed by atoms with Crippen LogP contribution < -0.4 is 0 Å². The second-order valence-corrected chi connectivity index (χ2v) is 5.09. The number of thioether (sulfide) groups is 1. The maximum atomic E-state index is 5.59. The van der Waals surface area contributed by atoms with E-state index in [1.54, 1.807) is 0 Å². The van der Waals surface area contributed by atoms with E-state index in [0.29, 0.717) is 5.41 Å². The summed E-state index contributed by atoms with van der Waals surface area (Å²) < 4.78 is 0. The summed E-state index contributed by atoms with van der Waals surface area (Å²) in [5.74, 6) is 2.01. The van der Waals surface area contributed by atoms with E-state index in [9.17, 15) is 0 Å². The molecule has 0 aromatic carbocycles. The van der Waals surface area contributed by atoms with Crippen molar-refractivity contribution in [2.45, 2.75) is 20.8 Å². The lowest BCUT2D eigenvalue weighted by Gasteiger charge is -2.16. The largest absolute Gasteiger partial charge is 0.156 e. The minimum Gasteiger partial charge on any atom is -0.156 e. The lowest BCUT2D eigenvalue weighted by atomic mass is 10.0. The van der Waals surface area contributed by atoms with Gasteiger partial charge in [-0.15, -0.1) is 0 Å². The molecule has 0 aromatic heterocycles. The third-order valence-electron chi connectivity index (χ3n) is 0.794. The first-order chi connectivity index (χ1) is 4.42. The Bertz CT molecular complexity index is 113. The van der Waals surface area contributed by atoms with E-state index in [1.807, 2.05) is 11.8 Å². The molecule has 0 aliphatic rings. The molecule has 0 rings (SSSR count). The Morgan fingerprint density at radius 2 is 2.00 bits per heavy atom. The molecule has 0 bridgehead atoms. The van der Waals surface area contributed by atoms with E-state index in [4.69, 9.17) is 11.6 Å².